The number of ether oxygens (including phenoxy) is 1. The summed E-state index contributed by atoms with van der Waals surface area (Å²) in [6, 6.07) is 0. The van der Waals surface area contributed by atoms with Crippen LogP contribution in [0.5, 0.6) is 0 Å². The molecule has 1 saturated heterocycles. The van der Waals surface area contributed by atoms with Gasteiger partial charge >= 0.3 is 0 Å². The predicted octanol–water partition coefficient (Wildman–Crippen LogP) is 0.392. The molecule has 104 valence electrons. The van der Waals surface area contributed by atoms with Crippen LogP contribution in [0.4, 0.5) is 0 Å². The van der Waals surface area contributed by atoms with E-state index in [1.54, 1.807) is 19.0 Å². The highest BCUT2D eigenvalue weighted by Crippen LogP contribution is 2.14. The Balaban J connectivity index is 2.45. The van der Waals surface area contributed by atoms with E-state index in [9.17, 15) is 9.59 Å². The number of carbonyl (C=O) groups is 2. The van der Waals surface area contributed by atoms with Crippen LogP contribution in [0.2, 0.25) is 0 Å². The van der Waals surface area contributed by atoms with Crippen molar-refractivity contribution in [2.45, 2.75) is 19.8 Å². The van der Waals surface area contributed by atoms with E-state index in [-0.39, 0.29) is 17.6 Å². The lowest BCUT2D eigenvalue weighted by molar-refractivity contribution is -0.131. The lowest BCUT2D eigenvalue weighted by Gasteiger charge is -2.23. The van der Waals surface area contributed by atoms with E-state index in [1.807, 2.05) is 4.90 Å². The summed E-state index contributed by atoms with van der Waals surface area (Å²) in [7, 11) is 3.47. The van der Waals surface area contributed by atoms with Crippen LogP contribution < -0.4 is 0 Å². The Bertz CT molecular complexity index is 286. The maximum Gasteiger partial charge on any atom is 0.236 e. The Morgan fingerprint density at radius 2 is 2.00 bits per heavy atom. The Labute approximate surface area is 109 Å². The molecule has 5 nitrogen and oxygen atoms in total. The number of hydrogen-bond donors (Lipinski definition) is 0. The Kier molecular flexibility index (Phi) is 6.29. The van der Waals surface area contributed by atoms with Crippen molar-refractivity contribution in [2.24, 2.45) is 5.92 Å². The number of ketones is 1. The Morgan fingerprint density at radius 3 is 2.50 bits per heavy atom. The molecule has 0 aromatic carbocycles. The van der Waals surface area contributed by atoms with Gasteiger partial charge in [-0.3, -0.25) is 14.5 Å². The highest BCUT2D eigenvalue weighted by molar-refractivity contribution is 5.84. The number of carbonyl (C=O) groups excluding carboxylic acids is 2. The van der Waals surface area contributed by atoms with E-state index in [1.165, 1.54) is 0 Å². The molecule has 1 aliphatic heterocycles. The zero-order chi connectivity index (χ0) is 13.5. The lowest BCUT2D eigenvalue weighted by atomic mass is 10.0. The zero-order valence-corrected chi connectivity index (χ0v) is 11.6. The van der Waals surface area contributed by atoms with Crippen molar-refractivity contribution in [1.29, 1.82) is 0 Å². The van der Waals surface area contributed by atoms with Crippen molar-refractivity contribution in [3.63, 3.8) is 0 Å². The van der Waals surface area contributed by atoms with Crippen LogP contribution in [-0.2, 0) is 14.3 Å². The quantitative estimate of drug-likeness (QED) is 0.661. The summed E-state index contributed by atoms with van der Waals surface area (Å²) < 4.78 is 5.22. The van der Waals surface area contributed by atoms with E-state index in [0.717, 1.165) is 19.4 Å². The molecule has 1 unspecified atom stereocenters. The van der Waals surface area contributed by atoms with E-state index in [0.29, 0.717) is 26.3 Å². The fourth-order valence-corrected chi connectivity index (χ4v) is 2.00. The van der Waals surface area contributed by atoms with Crippen LogP contribution in [0.25, 0.3) is 0 Å². The van der Waals surface area contributed by atoms with E-state index in [2.05, 4.69) is 6.92 Å². The predicted molar refractivity (Wildman–Crippen MR) is 69.4 cm³/mol. The molecule has 1 atom stereocenters. The molecule has 0 aliphatic carbocycles. The molecule has 1 fully saturated rings. The summed E-state index contributed by atoms with van der Waals surface area (Å²) in [5.41, 5.74) is 0. The first-order valence-electron chi connectivity index (χ1n) is 6.57. The van der Waals surface area contributed by atoms with Gasteiger partial charge < -0.3 is 9.64 Å². The third-order valence-electron chi connectivity index (χ3n) is 3.16. The average molecular weight is 256 g/mol. The van der Waals surface area contributed by atoms with Gasteiger partial charge in [0.15, 0.2) is 5.78 Å². The van der Waals surface area contributed by atoms with Crippen molar-refractivity contribution in [3.05, 3.63) is 0 Å². The van der Waals surface area contributed by atoms with Crippen molar-refractivity contribution < 1.29 is 14.3 Å². The molecule has 5 heteroatoms. The molecule has 1 heterocycles. The highest BCUT2D eigenvalue weighted by Gasteiger charge is 2.25. The highest BCUT2D eigenvalue weighted by atomic mass is 16.5. The molecule has 0 spiro atoms. The maximum atomic E-state index is 12.0. The molecule has 1 amide bonds. The van der Waals surface area contributed by atoms with Gasteiger partial charge in [-0.25, -0.2) is 0 Å². The Morgan fingerprint density at radius 1 is 1.28 bits per heavy atom. The van der Waals surface area contributed by atoms with Gasteiger partial charge in [-0.05, 0) is 19.4 Å². The normalized spacial score (nSPS) is 19.2. The minimum atomic E-state index is 0.0267. The fourth-order valence-electron chi connectivity index (χ4n) is 2.00. The maximum absolute atomic E-state index is 12.0. The first kappa shape index (κ1) is 15.1. The number of likely N-dealkylation sites (N-methyl/N-ethyl adjacent to an activating group) is 1. The Hall–Kier alpha value is -0.940. The second-order valence-corrected chi connectivity index (χ2v) is 5.03. The van der Waals surface area contributed by atoms with E-state index >= 15 is 0 Å². The third kappa shape index (κ3) is 4.74. The van der Waals surface area contributed by atoms with Crippen molar-refractivity contribution in [2.75, 3.05) is 46.9 Å². The monoisotopic (exact) mass is 256 g/mol. The lowest BCUT2D eigenvalue weighted by Crippen LogP contribution is -2.41. The largest absolute Gasteiger partial charge is 0.381 e. The molecule has 18 heavy (non-hydrogen) atoms. The number of nitrogens with zero attached hydrogens (tertiary/aromatic N) is 2. The average Bonchev–Trinajstić information content (AvgIpc) is 2.82. The zero-order valence-electron chi connectivity index (χ0n) is 11.6. The summed E-state index contributed by atoms with van der Waals surface area (Å²) >= 11 is 0. The summed E-state index contributed by atoms with van der Waals surface area (Å²) in [6.07, 6.45) is 1.76. The molecular formula is C13H24N2O3. The summed E-state index contributed by atoms with van der Waals surface area (Å²) in [4.78, 5) is 27.2. The molecule has 1 aliphatic rings. The number of rotatable bonds is 7. The molecule has 0 bridgehead atoms. The minimum absolute atomic E-state index is 0.0267. The van der Waals surface area contributed by atoms with Gasteiger partial charge in [0.25, 0.3) is 0 Å². The smallest absolute Gasteiger partial charge is 0.236 e. The van der Waals surface area contributed by atoms with Gasteiger partial charge in [0.05, 0.1) is 19.7 Å². The van der Waals surface area contributed by atoms with Gasteiger partial charge in [0, 0.05) is 26.6 Å². The molecule has 0 radical (unpaired) electrons. The number of Topliss-reactive ketones (excluding diaryl/α,β-unsaturated/α-hetero) is 1. The number of amides is 1. The number of hydrogen-bond acceptors (Lipinski definition) is 4. The molecule has 0 N–H and O–H groups in total. The third-order valence-corrected chi connectivity index (χ3v) is 3.16. The van der Waals surface area contributed by atoms with Crippen LogP contribution in [0.3, 0.4) is 0 Å². The van der Waals surface area contributed by atoms with Gasteiger partial charge in [-0.15, -0.1) is 0 Å². The van der Waals surface area contributed by atoms with Crippen LogP contribution in [0.15, 0.2) is 0 Å². The van der Waals surface area contributed by atoms with E-state index < -0.39 is 0 Å². The van der Waals surface area contributed by atoms with Crippen LogP contribution in [0, 0.1) is 5.92 Å². The van der Waals surface area contributed by atoms with Gasteiger partial charge in [-0.2, -0.15) is 0 Å². The molecule has 1 rings (SSSR count). The first-order chi connectivity index (χ1) is 8.54. The second kappa shape index (κ2) is 7.48. The summed E-state index contributed by atoms with van der Waals surface area (Å²) in [6.45, 7) is 4.73. The first-order valence-corrected chi connectivity index (χ1v) is 6.57. The SMILES string of the molecule is CCCN(CC(=O)C1CCOC1)CC(=O)N(C)C. The molecular weight excluding hydrogens is 232 g/mol. The van der Waals surface area contributed by atoms with Gasteiger partial charge in [0.1, 0.15) is 0 Å². The molecule has 0 saturated carbocycles. The molecule has 0 aromatic rings. The van der Waals surface area contributed by atoms with Crippen LogP contribution >= 0.6 is 0 Å². The van der Waals surface area contributed by atoms with Crippen molar-refractivity contribution in [3.8, 4) is 0 Å². The van der Waals surface area contributed by atoms with Crippen LogP contribution in [0.1, 0.15) is 19.8 Å². The standard InChI is InChI=1S/C13H24N2O3/c1-4-6-15(9-13(17)14(2)3)8-12(16)11-5-7-18-10-11/h11H,4-10H2,1-3H3. The molecule has 0 aromatic heterocycles. The topological polar surface area (TPSA) is 49.9 Å². The summed E-state index contributed by atoms with van der Waals surface area (Å²) in [5.74, 6) is 0.269. The van der Waals surface area contributed by atoms with Gasteiger partial charge in [-0.1, -0.05) is 6.92 Å². The summed E-state index contributed by atoms with van der Waals surface area (Å²) in [5, 5.41) is 0. The van der Waals surface area contributed by atoms with Crippen molar-refractivity contribution in [1.82, 2.24) is 9.80 Å². The minimum Gasteiger partial charge on any atom is -0.381 e. The van der Waals surface area contributed by atoms with Crippen molar-refractivity contribution >= 4 is 11.7 Å². The van der Waals surface area contributed by atoms with E-state index in [4.69, 9.17) is 4.74 Å². The second-order valence-electron chi connectivity index (χ2n) is 5.03. The van der Waals surface area contributed by atoms with Gasteiger partial charge in [0.2, 0.25) is 5.91 Å². The van der Waals surface area contributed by atoms with Crippen LogP contribution in [-0.4, -0.2) is 68.4 Å². The fraction of sp³-hybridized carbons (Fsp3) is 0.846.